The predicted molar refractivity (Wildman–Crippen MR) is 73.9 cm³/mol. The topological polar surface area (TPSA) is 29.0 Å². The monoisotopic (exact) mass is 347 g/mol. The molecule has 0 atom stereocenters. The van der Waals surface area contributed by atoms with Crippen molar-refractivity contribution < 1.29 is 26.3 Å². The molecule has 0 saturated carbocycles. The largest absolute Gasteiger partial charge is 0.418 e. The highest BCUT2D eigenvalue weighted by Crippen LogP contribution is 2.43. The Balaban J connectivity index is 2.15. The van der Waals surface area contributed by atoms with Crippen LogP contribution in [-0.4, -0.2) is 16.5 Å². The number of anilines is 2. The standard InChI is InChI=1S/C15H11F6N3/c1-8-22-7-9-4-5-24(13(9)23-8)12-3-2-10(14(16,17)18)6-11(12)15(19,20)21/h2-3,6-7H,4-5H2,1H3. The van der Waals surface area contributed by atoms with Crippen LogP contribution in [0.5, 0.6) is 0 Å². The molecule has 3 nitrogen and oxygen atoms in total. The molecule has 0 aliphatic carbocycles. The highest BCUT2D eigenvalue weighted by molar-refractivity contribution is 5.70. The molecule has 0 bridgehead atoms. The van der Waals surface area contributed by atoms with E-state index in [1.54, 1.807) is 6.92 Å². The lowest BCUT2D eigenvalue weighted by molar-refractivity contribution is -0.142. The van der Waals surface area contributed by atoms with Crippen molar-refractivity contribution >= 4 is 11.5 Å². The van der Waals surface area contributed by atoms with E-state index in [9.17, 15) is 26.3 Å². The number of aromatic nitrogens is 2. The van der Waals surface area contributed by atoms with Crippen molar-refractivity contribution in [2.45, 2.75) is 25.7 Å². The van der Waals surface area contributed by atoms with Crippen LogP contribution in [0.1, 0.15) is 22.5 Å². The molecule has 1 aromatic carbocycles. The fourth-order valence-electron chi connectivity index (χ4n) is 2.64. The number of hydrogen-bond donors (Lipinski definition) is 0. The molecule has 2 aromatic rings. The van der Waals surface area contributed by atoms with Gasteiger partial charge in [0.05, 0.1) is 16.8 Å². The zero-order valence-electron chi connectivity index (χ0n) is 12.3. The van der Waals surface area contributed by atoms with Gasteiger partial charge in [-0.15, -0.1) is 0 Å². The van der Waals surface area contributed by atoms with E-state index in [0.29, 0.717) is 29.7 Å². The fourth-order valence-corrected chi connectivity index (χ4v) is 2.64. The number of halogens is 6. The Bertz CT molecular complexity index is 782. The van der Waals surface area contributed by atoms with Crippen molar-refractivity contribution in [1.82, 2.24) is 9.97 Å². The van der Waals surface area contributed by atoms with E-state index in [4.69, 9.17) is 0 Å². The zero-order valence-corrected chi connectivity index (χ0v) is 12.3. The Morgan fingerprint density at radius 1 is 1.04 bits per heavy atom. The molecule has 2 heterocycles. The van der Waals surface area contributed by atoms with Crippen molar-refractivity contribution in [2.24, 2.45) is 0 Å². The van der Waals surface area contributed by atoms with Crippen LogP contribution >= 0.6 is 0 Å². The van der Waals surface area contributed by atoms with Crippen LogP contribution in [0.15, 0.2) is 24.4 Å². The summed E-state index contributed by atoms with van der Waals surface area (Å²) in [4.78, 5) is 9.40. The minimum absolute atomic E-state index is 0.140. The number of benzene rings is 1. The molecule has 0 N–H and O–H groups in total. The van der Waals surface area contributed by atoms with Gasteiger partial charge in [-0.25, -0.2) is 9.97 Å². The number of alkyl halides is 6. The van der Waals surface area contributed by atoms with Crippen molar-refractivity contribution in [3.8, 4) is 0 Å². The molecule has 1 aromatic heterocycles. The first kappa shape index (κ1) is 16.5. The molecular formula is C15H11F6N3. The first-order valence-corrected chi connectivity index (χ1v) is 6.96. The van der Waals surface area contributed by atoms with Gasteiger partial charge in [0.1, 0.15) is 11.6 Å². The normalized spacial score (nSPS) is 14.9. The van der Waals surface area contributed by atoms with Crippen LogP contribution in [0.4, 0.5) is 37.8 Å². The Morgan fingerprint density at radius 3 is 2.38 bits per heavy atom. The average Bonchev–Trinajstić information content (AvgIpc) is 2.87. The van der Waals surface area contributed by atoms with E-state index < -0.39 is 23.5 Å². The van der Waals surface area contributed by atoms with Gasteiger partial charge in [-0.05, 0) is 31.5 Å². The van der Waals surface area contributed by atoms with Crippen LogP contribution in [0.3, 0.4) is 0 Å². The minimum atomic E-state index is -4.92. The van der Waals surface area contributed by atoms with Crippen LogP contribution in [0.2, 0.25) is 0 Å². The molecule has 0 radical (unpaired) electrons. The lowest BCUT2D eigenvalue weighted by atomic mass is 10.1. The Hall–Kier alpha value is -2.32. The molecule has 9 heteroatoms. The third kappa shape index (κ3) is 2.90. The molecule has 0 fully saturated rings. The molecule has 128 valence electrons. The van der Waals surface area contributed by atoms with Crippen LogP contribution in [0, 0.1) is 6.92 Å². The molecule has 0 saturated heterocycles. The molecular weight excluding hydrogens is 336 g/mol. The number of fused-ring (bicyclic) bond motifs is 1. The van der Waals surface area contributed by atoms with Crippen molar-refractivity contribution in [1.29, 1.82) is 0 Å². The number of aryl methyl sites for hydroxylation is 1. The summed E-state index contributed by atoms with van der Waals surface area (Å²) in [5.41, 5.74) is -2.35. The fraction of sp³-hybridized carbons (Fsp3) is 0.333. The number of hydrogen-bond acceptors (Lipinski definition) is 3. The third-order valence-electron chi connectivity index (χ3n) is 3.74. The van der Waals surface area contributed by atoms with Crippen LogP contribution < -0.4 is 4.90 Å². The van der Waals surface area contributed by atoms with Gasteiger partial charge in [-0.1, -0.05) is 0 Å². The van der Waals surface area contributed by atoms with E-state index >= 15 is 0 Å². The van der Waals surface area contributed by atoms with E-state index in [0.717, 1.165) is 6.07 Å². The summed E-state index contributed by atoms with van der Waals surface area (Å²) in [6.07, 6.45) is -7.81. The predicted octanol–water partition coefficient (Wildman–Crippen LogP) is 4.52. The van der Waals surface area contributed by atoms with E-state index in [2.05, 4.69) is 9.97 Å². The lowest BCUT2D eigenvalue weighted by Crippen LogP contribution is -2.21. The van der Waals surface area contributed by atoms with Gasteiger partial charge in [0, 0.05) is 18.3 Å². The highest BCUT2D eigenvalue weighted by atomic mass is 19.4. The van der Waals surface area contributed by atoms with Gasteiger partial charge in [0.2, 0.25) is 0 Å². The highest BCUT2D eigenvalue weighted by Gasteiger charge is 2.40. The number of nitrogens with zero attached hydrogens (tertiary/aromatic N) is 3. The van der Waals surface area contributed by atoms with E-state index in [1.807, 2.05) is 0 Å². The average molecular weight is 347 g/mol. The van der Waals surface area contributed by atoms with Crippen molar-refractivity contribution in [3.05, 3.63) is 46.9 Å². The van der Waals surface area contributed by atoms with E-state index in [1.165, 1.54) is 11.1 Å². The summed E-state index contributed by atoms with van der Waals surface area (Å²) in [6.45, 7) is 1.79. The van der Waals surface area contributed by atoms with Crippen molar-refractivity contribution in [3.63, 3.8) is 0 Å². The second-order valence-electron chi connectivity index (χ2n) is 5.40. The molecule has 1 aliphatic rings. The number of rotatable bonds is 1. The first-order valence-electron chi connectivity index (χ1n) is 6.96. The maximum Gasteiger partial charge on any atom is 0.418 e. The minimum Gasteiger partial charge on any atom is -0.325 e. The summed E-state index contributed by atoms with van der Waals surface area (Å²) in [5, 5.41) is 0. The Kier molecular flexibility index (Phi) is 3.69. The summed E-state index contributed by atoms with van der Waals surface area (Å²) in [5.74, 6) is 0.675. The molecule has 1 aliphatic heterocycles. The van der Waals surface area contributed by atoms with Gasteiger partial charge in [0.15, 0.2) is 0 Å². The maximum absolute atomic E-state index is 13.3. The molecule has 24 heavy (non-hydrogen) atoms. The van der Waals surface area contributed by atoms with Gasteiger partial charge < -0.3 is 4.90 Å². The summed E-state index contributed by atoms with van der Waals surface area (Å²) >= 11 is 0. The van der Waals surface area contributed by atoms with Crippen LogP contribution in [-0.2, 0) is 18.8 Å². The van der Waals surface area contributed by atoms with Crippen molar-refractivity contribution in [2.75, 3.05) is 11.4 Å². The molecule has 0 amide bonds. The molecule has 3 rings (SSSR count). The van der Waals surface area contributed by atoms with Gasteiger partial charge in [-0.3, -0.25) is 0 Å². The van der Waals surface area contributed by atoms with Gasteiger partial charge >= 0.3 is 12.4 Å². The lowest BCUT2D eigenvalue weighted by Gasteiger charge is -2.24. The van der Waals surface area contributed by atoms with Gasteiger partial charge in [0.25, 0.3) is 0 Å². The Labute approximate surface area is 132 Å². The second-order valence-corrected chi connectivity index (χ2v) is 5.40. The zero-order chi connectivity index (χ0) is 17.7. The van der Waals surface area contributed by atoms with Gasteiger partial charge in [-0.2, -0.15) is 26.3 Å². The quantitative estimate of drug-likeness (QED) is 0.711. The second kappa shape index (κ2) is 5.35. The molecule has 0 unspecified atom stereocenters. The first-order chi connectivity index (χ1) is 11.1. The smallest absolute Gasteiger partial charge is 0.325 e. The third-order valence-corrected chi connectivity index (χ3v) is 3.74. The summed E-state index contributed by atoms with van der Waals surface area (Å²) < 4.78 is 78.2. The summed E-state index contributed by atoms with van der Waals surface area (Å²) in [6, 6.07) is 1.64. The Morgan fingerprint density at radius 2 is 1.75 bits per heavy atom. The van der Waals surface area contributed by atoms with E-state index in [-0.39, 0.29) is 18.3 Å². The van der Waals surface area contributed by atoms with Crippen LogP contribution in [0.25, 0.3) is 0 Å². The SMILES string of the molecule is Cc1ncc2c(n1)N(c1ccc(C(F)(F)F)cc1C(F)(F)F)CC2. The molecule has 0 spiro atoms. The maximum atomic E-state index is 13.3. The summed E-state index contributed by atoms with van der Waals surface area (Å²) in [7, 11) is 0.